The molecule has 0 radical (unpaired) electrons. The maximum absolute atomic E-state index is 10.9. The Bertz CT molecular complexity index is 815. The topological polar surface area (TPSA) is 93.9 Å². The van der Waals surface area contributed by atoms with Gasteiger partial charge >= 0.3 is 5.69 Å². The summed E-state index contributed by atoms with van der Waals surface area (Å²) < 4.78 is 5.05. The van der Waals surface area contributed by atoms with Crippen molar-refractivity contribution in [3.63, 3.8) is 0 Å². The molecule has 3 rings (SSSR count). The van der Waals surface area contributed by atoms with Gasteiger partial charge in [-0.05, 0) is 12.1 Å². The highest BCUT2D eigenvalue weighted by Gasteiger charge is 2.17. The fourth-order valence-electron chi connectivity index (χ4n) is 2.08. The van der Waals surface area contributed by atoms with E-state index in [1.807, 2.05) is 30.3 Å². The first-order valence-corrected chi connectivity index (χ1v) is 6.49. The first-order chi connectivity index (χ1) is 10.7. The molecular formula is C15H12N4O3. The lowest BCUT2D eigenvalue weighted by atomic mass is 10.1. The summed E-state index contributed by atoms with van der Waals surface area (Å²) in [5.74, 6) is 1.26. The van der Waals surface area contributed by atoms with E-state index < -0.39 is 4.92 Å². The summed E-state index contributed by atoms with van der Waals surface area (Å²) in [5, 5.41) is 17.9. The zero-order chi connectivity index (χ0) is 15.5. The van der Waals surface area contributed by atoms with Gasteiger partial charge in [0.15, 0.2) is 17.4 Å². The highest BCUT2D eigenvalue weighted by molar-refractivity contribution is 5.65. The van der Waals surface area contributed by atoms with Gasteiger partial charge in [-0.3, -0.25) is 15.2 Å². The largest absolute Gasteiger partial charge is 0.490 e. The van der Waals surface area contributed by atoms with Crippen molar-refractivity contribution in [1.29, 1.82) is 0 Å². The lowest BCUT2D eigenvalue weighted by molar-refractivity contribution is -0.385. The van der Waals surface area contributed by atoms with E-state index in [1.54, 1.807) is 12.1 Å². The summed E-state index contributed by atoms with van der Waals surface area (Å²) in [6, 6.07) is 14.1. The Labute approximate surface area is 125 Å². The van der Waals surface area contributed by atoms with Crippen molar-refractivity contribution in [2.45, 2.75) is 0 Å². The van der Waals surface area contributed by atoms with Crippen LogP contribution in [-0.2, 0) is 0 Å². The standard InChI is InChI=1S/C15H12N4O3/c1-22-13-9-11(7-8-12(13)19(20)21)15-16-14(17-18-15)10-5-3-2-4-6-10/h2-9H,1H3,(H,16,17,18). The molecule has 0 amide bonds. The number of hydrogen-bond acceptors (Lipinski definition) is 5. The molecule has 0 unspecified atom stereocenters. The quantitative estimate of drug-likeness (QED) is 0.590. The molecular weight excluding hydrogens is 284 g/mol. The molecule has 0 fully saturated rings. The number of aromatic nitrogens is 3. The number of benzene rings is 2. The number of nitrogens with one attached hydrogen (secondary N) is 1. The number of H-pyrrole nitrogens is 1. The Kier molecular flexibility index (Phi) is 3.53. The zero-order valence-electron chi connectivity index (χ0n) is 11.7. The Balaban J connectivity index is 1.99. The Morgan fingerprint density at radius 1 is 1.14 bits per heavy atom. The fourth-order valence-corrected chi connectivity index (χ4v) is 2.08. The highest BCUT2D eigenvalue weighted by Crippen LogP contribution is 2.31. The van der Waals surface area contributed by atoms with Crippen LogP contribution >= 0.6 is 0 Å². The summed E-state index contributed by atoms with van der Waals surface area (Å²) in [5.41, 5.74) is 1.46. The number of nitro benzene ring substituents is 1. The van der Waals surface area contributed by atoms with E-state index in [1.165, 1.54) is 13.2 Å². The number of nitrogens with zero attached hydrogens (tertiary/aromatic N) is 3. The summed E-state index contributed by atoms with van der Waals surface area (Å²) in [6.07, 6.45) is 0. The Morgan fingerprint density at radius 3 is 2.59 bits per heavy atom. The molecule has 0 aliphatic carbocycles. The van der Waals surface area contributed by atoms with E-state index in [0.717, 1.165) is 5.56 Å². The Morgan fingerprint density at radius 2 is 1.91 bits per heavy atom. The van der Waals surface area contributed by atoms with Crippen molar-refractivity contribution in [2.24, 2.45) is 0 Å². The number of rotatable bonds is 4. The SMILES string of the molecule is COc1cc(-c2n[nH]c(-c3ccccc3)n2)ccc1[N+](=O)[O-]. The summed E-state index contributed by atoms with van der Waals surface area (Å²) in [7, 11) is 1.39. The Hall–Kier alpha value is -3.22. The van der Waals surface area contributed by atoms with Crippen molar-refractivity contribution in [3.05, 3.63) is 58.6 Å². The predicted octanol–water partition coefficient (Wildman–Crippen LogP) is 3.06. The minimum absolute atomic E-state index is 0.0925. The van der Waals surface area contributed by atoms with E-state index in [0.29, 0.717) is 17.2 Å². The molecule has 0 aliphatic heterocycles. The van der Waals surface area contributed by atoms with Gasteiger partial charge in [-0.15, -0.1) is 0 Å². The third-order valence-electron chi connectivity index (χ3n) is 3.17. The summed E-state index contributed by atoms with van der Waals surface area (Å²) in [6.45, 7) is 0. The molecule has 0 saturated heterocycles. The molecule has 1 aromatic heterocycles. The highest BCUT2D eigenvalue weighted by atomic mass is 16.6. The third-order valence-corrected chi connectivity index (χ3v) is 3.17. The smallest absolute Gasteiger partial charge is 0.310 e. The molecule has 0 spiro atoms. The third kappa shape index (κ3) is 2.51. The molecule has 0 atom stereocenters. The second-order valence-electron chi connectivity index (χ2n) is 4.52. The van der Waals surface area contributed by atoms with E-state index in [9.17, 15) is 10.1 Å². The first-order valence-electron chi connectivity index (χ1n) is 6.49. The summed E-state index contributed by atoms with van der Waals surface area (Å²) in [4.78, 5) is 14.8. The van der Waals surface area contributed by atoms with Crippen LogP contribution < -0.4 is 4.74 Å². The van der Waals surface area contributed by atoms with Crippen LogP contribution in [-0.4, -0.2) is 27.2 Å². The van der Waals surface area contributed by atoms with E-state index >= 15 is 0 Å². The molecule has 0 aliphatic rings. The molecule has 0 bridgehead atoms. The van der Waals surface area contributed by atoms with Crippen molar-refractivity contribution in [3.8, 4) is 28.5 Å². The van der Waals surface area contributed by atoms with Gasteiger partial charge < -0.3 is 4.74 Å². The van der Waals surface area contributed by atoms with Crippen LogP contribution in [0.2, 0.25) is 0 Å². The maximum atomic E-state index is 10.9. The lowest BCUT2D eigenvalue weighted by Gasteiger charge is -2.02. The van der Waals surface area contributed by atoms with Gasteiger partial charge in [-0.1, -0.05) is 30.3 Å². The minimum atomic E-state index is -0.490. The van der Waals surface area contributed by atoms with E-state index in [4.69, 9.17) is 4.74 Å². The number of hydrogen-bond donors (Lipinski definition) is 1. The number of ether oxygens (including phenoxy) is 1. The predicted molar refractivity (Wildman–Crippen MR) is 80.5 cm³/mol. The van der Waals surface area contributed by atoms with Gasteiger partial charge in [-0.2, -0.15) is 5.10 Å². The van der Waals surface area contributed by atoms with Crippen molar-refractivity contribution >= 4 is 5.69 Å². The van der Waals surface area contributed by atoms with Crippen LogP contribution in [0.3, 0.4) is 0 Å². The molecule has 22 heavy (non-hydrogen) atoms. The molecule has 1 heterocycles. The summed E-state index contributed by atoms with van der Waals surface area (Å²) >= 11 is 0. The van der Waals surface area contributed by atoms with Gasteiger partial charge in [0.05, 0.1) is 12.0 Å². The maximum Gasteiger partial charge on any atom is 0.310 e. The molecule has 7 nitrogen and oxygen atoms in total. The van der Waals surface area contributed by atoms with Crippen LogP contribution in [0.5, 0.6) is 5.75 Å². The average Bonchev–Trinajstić information content (AvgIpc) is 3.05. The zero-order valence-corrected chi connectivity index (χ0v) is 11.7. The lowest BCUT2D eigenvalue weighted by Crippen LogP contribution is -1.94. The van der Waals surface area contributed by atoms with Crippen LogP contribution in [0.25, 0.3) is 22.8 Å². The molecule has 1 N–H and O–H groups in total. The van der Waals surface area contributed by atoms with Crippen LogP contribution in [0.1, 0.15) is 0 Å². The molecule has 0 saturated carbocycles. The van der Waals surface area contributed by atoms with Crippen LogP contribution in [0, 0.1) is 10.1 Å². The van der Waals surface area contributed by atoms with Gasteiger partial charge in [0.25, 0.3) is 0 Å². The number of nitro groups is 1. The number of aromatic amines is 1. The monoisotopic (exact) mass is 296 g/mol. The van der Waals surface area contributed by atoms with Gasteiger partial charge in [0, 0.05) is 17.2 Å². The molecule has 110 valence electrons. The van der Waals surface area contributed by atoms with E-state index in [2.05, 4.69) is 15.2 Å². The van der Waals surface area contributed by atoms with Crippen molar-refractivity contribution < 1.29 is 9.66 Å². The normalized spacial score (nSPS) is 10.4. The minimum Gasteiger partial charge on any atom is -0.490 e. The van der Waals surface area contributed by atoms with Gasteiger partial charge in [0.1, 0.15) is 0 Å². The van der Waals surface area contributed by atoms with Crippen LogP contribution in [0.15, 0.2) is 48.5 Å². The fraction of sp³-hybridized carbons (Fsp3) is 0.0667. The second kappa shape index (κ2) is 5.65. The first kappa shape index (κ1) is 13.7. The number of methoxy groups -OCH3 is 1. The van der Waals surface area contributed by atoms with Crippen LogP contribution in [0.4, 0.5) is 5.69 Å². The molecule has 2 aromatic carbocycles. The van der Waals surface area contributed by atoms with Gasteiger partial charge in [-0.25, -0.2) is 4.98 Å². The molecule has 3 aromatic rings. The van der Waals surface area contributed by atoms with E-state index in [-0.39, 0.29) is 11.4 Å². The second-order valence-corrected chi connectivity index (χ2v) is 4.52. The van der Waals surface area contributed by atoms with Crippen molar-refractivity contribution in [1.82, 2.24) is 15.2 Å². The van der Waals surface area contributed by atoms with Crippen molar-refractivity contribution in [2.75, 3.05) is 7.11 Å². The average molecular weight is 296 g/mol. The molecule has 7 heteroatoms. The van der Waals surface area contributed by atoms with Gasteiger partial charge in [0.2, 0.25) is 0 Å².